The molecule has 6 heteroatoms. The van der Waals surface area contributed by atoms with Crippen LogP contribution in [0, 0.1) is 0 Å². The summed E-state index contributed by atoms with van der Waals surface area (Å²) in [6.45, 7) is 0. The topological polar surface area (TPSA) is 56.9 Å². The molecule has 8 aromatic rings. The lowest BCUT2D eigenvalue weighted by atomic mass is 10.1. The van der Waals surface area contributed by atoms with Crippen molar-refractivity contribution in [3.8, 4) is 45.6 Å². The van der Waals surface area contributed by atoms with Crippen LogP contribution in [0.4, 0.5) is 11.4 Å². The number of aromatic nitrogens is 4. The molecule has 44 heavy (non-hydrogen) atoms. The zero-order chi connectivity index (χ0) is 29.0. The Kier molecular flexibility index (Phi) is 5.40. The maximum Gasteiger partial charge on any atom is 0.175 e. The van der Waals surface area contributed by atoms with Crippen LogP contribution in [0.2, 0.25) is 0 Å². The van der Waals surface area contributed by atoms with Gasteiger partial charge in [-0.25, -0.2) is 0 Å². The molecule has 0 saturated heterocycles. The Balaban J connectivity index is 1.24. The minimum absolute atomic E-state index is 0.793. The highest BCUT2D eigenvalue weighted by Crippen LogP contribution is 2.48. The number of rotatable bonds is 4. The Bertz CT molecular complexity index is 2260. The summed E-state index contributed by atoms with van der Waals surface area (Å²) in [4.78, 5) is 0. The highest BCUT2D eigenvalue weighted by Gasteiger charge is 2.24. The SMILES string of the molecule is c1ccc(-c2nnc(-c3ccccc3)n2-c2ccc(-n3c4ccccc4c4ccc5c(c43)Oc3ccccc3N5)cc2)cc1. The van der Waals surface area contributed by atoms with Gasteiger partial charge in [0.25, 0.3) is 0 Å². The van der Waals surface area contributed by atoms with Gasteiger partial charge in [-0.2, -0.15) is 0 Å². The van der Waals surface area contributed by atoms with E-state index in [-0.39, 0.29) is 0 Å². The molecule has 3 heterocycles. The van der Waals surface area contributed by atoms with Crippen molar-refractivity contribution in [2.75, 3.05) is 5.32 Å². The summed E-state index contributed by atoms with van der Waals surface area (Å²) < 4.78 is 11.0. The fourth-order valence-corrected chi connectivity index (χ4v) is 6.24. The third kappa shape index (κ3) is 3.75. The average Bonchev–Trinajstić information content (AvgIpc) is 3.69. The molecule has 6 nitrogen and oxygen atoms in total. The Morgan fingerprint density at radius 2 is 1.07 bits per heavy atom. The molecule has 0 spiro atoms. The number of nitrogens with zero attached hydrogens (tertiary/aromatic N) is 4. The summed E-state index contributed by atoms with van der Waals surface area (Å²) in [5.41, 5.74) is 8.07. The Morgan fingerprint density at radius 1 is 0.477 bits per heavy atom. The third-order valence-electron chi connectivity index (χ3n) is 8.25. The second kappa shape index (κ2) is 9.71. The number of para-hydroxylation sites is 3. The summed E-state index contributed by atoms with van der Waals surface area (Å²) in [5.74, 6) is 3.22. The van der Waals surface area contributed by atoms with E-state index in [0.29, 0.717) is 0 Å². The first-order valence-corrected chi connectivity index (χ1v) is 14.6. The van der Waals surface area contributed by atoms with Crippen molar-refractivity contribution in [1.82, 2.24) is 19.3 Å². The van der Waals surface area contributed by atoms with Gasteiger partial charge in [-0.05, 0) is 54.6 Å². The van der Waals surface area contributed by atoms with Crippen LogP contribution in [0.1, 0.15) is 0 Å². The molecular weight excluding hydrogens is 542 g/mol. The van der Waals surface area contributed by atoms with Crippen molar-refractivity contribution < 1.29 is 4.74 Å². The molecule has 1 aliphatic heterocycles. The van der Waals surface area contributed by atoms with Crippen LogP contribution in [-0.4, -0.2) is 19.3 Å². The van der Waals surface area contributed by atoms with Gasteiger partial charge in [-0.1, -0.05) is 91.0 Å². The van der Waals surface area contributed by atoms with Crippen LogP contribution in [0.15, 0.2) is 146 Å². The zero-order valence-electron chi connectivity index (χ0n) is 23.6. The lowest BCUT2D eigenvalue weighted by molar-refractivity contribution is 0.485. The van der Waals surface area contributed by atoms with Crippen LogP contribution in [0.25, 0.3) is 56.0 Å². The largest absolute Gasteiger partial charge is 0.451 e. The first kappa shape index (κ1) is 24.5. The van der Waals surface area contributed by atoms with Crippen molar-refractivity contribution in [2.45, 2.75) is 0 Å². The second-order valence-corrected chi connectivity index (χ2v) is 10.8. The first-order valence-electron chi connectivity index (χ1n) is 14.6. The number of ether oxygens (including phenoxy) is 1. The van der Waals surface area contributed by atoms with Crippen LogP contribution in [0.3, 0.4) is 0 Å². The summed E-state index contributed by atoms with van der Waals surface area (Å²) in [5, 5.41) is 15.2. The van der Waals surface area contributed by atoms with Gasteiger partial charge in [0.15, 0.2) is 23.1 Å². The molecule has 1 aliphatic rings. The number of nitrogens with one attached hydrogen (secondary N) is 1. The maximum atomic E-state index is 6.59. The second-order valence-electron chi connectivity index (χ2n) is 10.8. The summed E-state index contributed by atoms with van der Waals surface area (Å²) in [6, 6.07) is 49.9. The van der Waals surface area contributed by atoms with Gasteiger partial charge in [0.2, 0.25) is 0 Å². The van der Waals surface area contributed by atoms with Crippen molar-refractivity contribution >= 4 is 33.2 Å². The van der Waals surface area contributed by atoms with E-state index in [4.69, 9.17) is 4.74 Å². The fourth-order valence-electron chi connectivity index (χ4n) is 6.24. The van der Waals surface area contributed by atoms with Crippen LogP contribution >= 0.6 is 0 Å². The third-order valence-corrected chi connectivity index (χ3v) is 8.25. The summed E-state index contributed by atoms with van der Waals surface area (Å²) >= 11 is 0. The van der Waals surface area contributed by atoms with Crippen LogP contribution in [0.5, 0.6) is 11.5 Å². The number of fused-ring (bicyclic) bond motifs is 6. The van der Waals surface area contributed by atoms with E-state index in [2.05, 4.69) is 110 Å². The normalized spacial score (nSPS) is 12.0. The molecule has 0 unspecified atom stereocenters. The van der Waals surface area contributed by atoms with E-state index in [1.807, 2.05) is 60.7 Å². The molecule has 0 fully saturated rings. The lowest BCUT2D eigenvalue weighted by Gasteiger charge is -2.23. The minimum Gasteiger partial charge on any atom is -0.451 e. The smallest absolute Gasteiger partial charge is 0.175 e. The Labute approximate surface area is 253 Å². The monoisotopic (exact) mass is 567 g/mol. The Hall–Kier alpha value is -6.14. The summed E-state index contributed by atoms with van der Waals surface area (Å²) in [7, 11) is 0. The molecule has 0 radical (unpaired) electrons. The van der Waals surface area contributed by atoms with Gasteiger partial charge < -0.3 is 14.6 Å². The van der Waals surface area contributed by atoms with Gasteiger partial charge in [-0.15, -0.1) is 10.2 Å². The van der Waals surface area contributed by atoms with Gasteiger partial charge in [0, 0.05) is 33.3 Å². The maximum absolute atomic E-state index is 6.59. The van der Waals surface area contributed by atoms with E-state index in [9.17, 15) is 0 Å². The van der Waals surface area contributed by atoms with E-state index in [1.54, 1.807) is 0 Å². The van der Waals surface area contributed by atoms with Crippen molar-refractivity contribution in [2.24, 2.45) is 0 Å². The molecule has 0 saturated carbocycles. The molecule has 0 bridgehead atoms. The quantitative estimate of drug-likeness (QED) is 0.230. The van der Waals surface area contributed by atoms with Gasteiger partial charge in [-0.3, -0.25) is 4.57 Å². The first-order chi connectivity index (χ1) is 21.8. The number of anilines is 2. The summed E-state index contributed by atoms with van der Waals surface area (Å²) in [6.07, 6.45) is 0. The molecule has 6 aromatic carbocycles. The van der Waals surface area contributed by atoms with E-state index < -0.39 is 0 Å². The predicted octanol–water partition coefficient (Wildman–Crippen LogP) is 9.55. The molecule has 9 rings (SSSR count). The van der Waals surface area contributed by atoms with Crippen molar-refractivity contribution in [1.29, 1.82) is 0 Å². The van der Waals surface area contributed by atoms with Gasteiger partial charge >= 0.3 is 0 Å². The van der Waals surface area contributed by atoms with Gasteiger partial charge in [0.05, 0.1) is 22.4 Å². The molecule has 0 atom stereocenters. The highest BCUT2D eigenvalue weighted by atomic mass is 16.5. The molecule has 0 amide bonds. The molecule has 1 N–H and O–H groups in total. The Morgan fingerprint density at radius 3 is 1.77 bits per heavy atom. The number of hydrogen-bond acceptors (Lipinski definition) is 4. The predicted molar refractivity (Wildman–Crippen MR) is 176 cm³/mol. The highest BCUT2D eigenvalue weighted by molar-refractivity contribution is 6.13. The van der Waals surface area contributed by atoms with Crippen molar-refractivity contribution in [3.63, 3.8) is 0 Å². The zero-order valence-corrected chi connectivity index (χ0v) is 23.6. The number of hydrogen-bond donors (Lipinski definition) is 1. The van der Waals surface area contributed by atoms with Gasteiger partial charge in [0.1, 0.15) is 0 Å². The minimum atomic E-state index is 0.793. The van der Waals surface area contributed by atoms with E-state index in [1.165, 1.54) is 5.39 Å². The standard InChI is InChI=1S/C38H25N5O/c1-3-11-25(12-4-1)37-40-41-38(26-13-5-2-6-14-26)43(37)28-21-19-27(20-22-28)42-33-17-9-7-15-29(33)30-23-24-32-36(35(30)42)44-34-18-10-8-16-31(34)39-32/h1-24,39H. The molecule has 0 aliphatic carbocycles. The molecular formula is C38H25N5O. The number of benzene rings is 6. The van der Waals surface area contributed by atoms with Crippen molar-refractivity contribution in [3.05, 3.63) is 146 Å². The molecule has 2 aromatic heterocycles. The molecule has 208 valence electrons. The average molecular weight is 568 g/mol. The fraction of sp³-hybridized carbons (Fsp3) is 0. The lowest BCUT2D eigenvalue weighted by Crippen LogP contribution is -2.05. The van der Waals surface area contributed by atoms with Crippen LogP contribution < -0.4 is 10.1 Å². The van der Waals surface area contributed by atoms with Crippen LogP contribution in [-0.2, 0) is 0 Å². The van der Waals surface area contributed by atoms with E-state index in [0.717, 1.165) is 73.4 Å². The van der Waals surface area contributed by atoms with E-state index >= 15 is 0 Å².